The molecular weight excluding hydrogens is 288 g/mol. The lowest BCUT2D eigenvalue weighted by Crippen LogP contribution is -2.48. The van der Waals surface area contributed by atoms with E-state index in [1.165, 1.54) is 10.8 Å². The Bertz CT molecular complexity index is 735. The largest absolute Gasteiger partial charge is 0.394 e. The topological polar surface area (TPSA) is 105 Å². The fourth-order valence-corrected chi connectivity index (χ4v) is 3.09. The van der Waals surface area contributed by atoms with Crippen molar-refractivity contribution in [3.63, 3.8) is 0 Å². The number of rotatable bonds is 3. The summed E-state index contributed by atoms with van der Waals surface area (Å²) in [4.78, 5) is 26.1. The van der Waals surface area contributed by atoms with Gasteiger partial charge in [0.15, 0.2) is 5.72 Å². The number of nitrogens with zero attached hydrogens (tertiary/aromatic N) is 1. The van der Waals surface area contributed by atoms with Gasteiger partial charge in [-0.25, -0.2) is 4.79 Å². The van der Waals surface area contributed by atoms with Gasteiger partial charge < -0.3 is 14.9 Å². The summed E-state index contributed by atoms with van der Waals surface area (Å²) in [5.41, 5.74) is -1.85. The van der Waals surface area contributed by atoms with Crippen LogP contribution in [-0.4, -0.2) is 38.6 Å². The lowest BCUT2D eigenvalue weighted by molar-refractivity contribution is -0.133. The maximum atomic E-state index is 12.3. The van der Waals surface area contributed by atoms with Gasteiger partial charge in [0, 0.05) is 24.1 Å². The van der Waals surface area contributed by atoms with Crippen LogP contribution >= 0.6 is 0 Å². The van der Waals surface area contributed by atoms with E-state index < -0.39 is 29.2 Å². The van der Waals surface area contributed by atoms with Crippen LogP contribution in [0.3, 0.4) is 0 Å². The van der Waals surface area contributed by atoms with Gasteiger partial charge in [0.05, 0.1) is 12.7 Å². The first-order valence-corrected chi connectivity index (χ1v) is 7.13. The molecule has 0 aromatic carbocycles. The summed E-state index contributed by atoms with van der Waals surface area (Å²) in [5, 5.41) is 19.5. The molecule has 1 aromatic rings. The molecule has 0 spiro atoms. The average molecular weight is 306 g/mol. The predicted molar refractivity (Wildman–Crippen MR) is 78.4 cm³/mol. The van der Waals surface area contributed by atoms with Crippen LogP contribution in [0.4, 0.5) is 0 Å². The zero-order chi connectivity index (χ0) is 15.9. The van der Waals surface area contributed by atoms with Gasteiger partial charge in [0.25, 0.3) is 5.56 Å². The highest BCUT2D eigenvalue weighted by atomic mass is 16.6. The van der Waals surface area contributed by atoms with Gasteiger partial charge in [-0.1, -0.05) is 24.3 Å². The second-order valence-electron chi connectivity index (χ2n) is 5.69. The molecule has 1 fully saturated rings. The Kier molecular flexibility index (Phi) is 3.64. The number of aromatic amines is 1. The van der Waals surface area contributed by atoms with E-state index in [4.69, 9.17) is 4.74 Å². The summed E-state index contributed by atoms with van der Waals surface area (Å²) in [6.07, 6.45) is 7.29. The van der Waals surface area contributed by atoms with Crippen LogP contribution in [0, 0.1) is 12.8 Å². The summed E-state index contributed by atoms with van der Waals surface area (Å²) in [6.45, 7) is 1.25. The molecule has 2 aliphatic rings. The summed E-state index contributed by atoms with van der Waals surface area (Å²) >= 11 is 0. The molecule has 0 saturated carbocycles. The molecule has 0 amide bonds. The zero-order valence-corrected chi connectivity index (χ0v) is 12.1. The molecule has 2 heterocycles. The Morgan fingerprint density at radius 3 is 2.68 bits per heavy atom. The lowest BCUT2D eigenvalue weighted by atomic mass is 9.92. The smallest absolute Gasteiger partial charge is 0.330 e. The van der Waals surface area contributed by atoms with E-state index in [-0.39, 0.29) is 18.9 Å². The van der Waals surface area contributed by atoms with Crippen molar-refractivity contribution in [1.82, 2.24) is 9.55 Å². The van der Waals surface area contributed by atoms with Crippen LogP contribution in [0.1, 0.15) is 12.0 Å². The van der Waals surface area contributed by atoms with Crippen molar-refractivity contribution in [2.45, 2.75) is 31.3 Å². The Morgan fingerprint density at radius 2 is 2.09 bits per heavy atom. The van der Waals surface area contributed by atoms with Crippen LogP contribution in [0.15, 0.2) is 40.1 Å². The number of hydrogen-bond donors (Lipinski definition) is 3. The lowest BCUT2D eigenvalue weighted by Gasteiger charge is -2.35. The predicted octanol–water partition coefficient (Wildman–Crippen LogP) is -0.618. The SMILES string of the molecule is Cc1cn([C@@]2(C3C=CC=C3)C[C@H](O)[C@@H](CO)O2)c(=O)[nH]c1=O. The first-order valence-electron chi connectivity index (χ1n) is 7.13. The van der Waals surface area contributed by atoms with Crippen molar-refractivity contribution in [2.24, 2.45) is 5.92 Å². The van der Waals surface area contributed by atoms with Gasteiger partial charge >= 0.3 is 5.69 Å². The number of ether oxygens (including phenoxy) is 1. The molecule has 118 valence electrons. The maximum absolute atomic E-state index is 12.3. The molecule has 0 bridgehead atoms. The number of allylic oxidation sites excluding steroid dienone is 2. The fourth-order valence-electron chi connectivity index (χ4n) is 3.09. The van der Waals surface area contributed by atoms with Crippen LogP contribution in [-0.2, 0) is 10.5 Å². The molecule has 3 atom stereocenters. The second kappa shape index (κ2) is 5.35. The fraction of sp³-hybridized carbons (Fsp3) is 0.467. The monoisotopic (exact) mass is 306 g/mol. The second-order valence-corrected chi connectivity index (χ2v) is 5.69. The number of aliphatic hydroxyl groups excluding tert-OH is 2. The zero-order valence-electron chi connectivity index (χ0n) is 12.1. The Morgan fingerprint density at radius 1 is 1.41 bits per heavy atom. The summed E-state index contributed by atoms with van der Waals surface area (Å²) in [5.74, 6) is -0.276. The maximum Gasteiger partial charge on any atom is 0.330 e. The third kappa shape index (κ3) is 2.18. The number of hydrogen-bond acceptors (Lipinski definition) is 5. The molecule has 1 aromatic heterocycles. The normalized spacial score (nSPS) is 31.2. The molecule has 1 aliphatic carbocycles. The molecule has 1 saturated heterocycles. The van der Waals surface area contributed by atoms with E-state index in [1.54, 1.807) is 6.92 Å². The molecule has 1 aliphatic heterocycles. The van der Waals surface area contributed by atoms with Gasteiger partial charge in [0.1, 0.15) is 6.10 Å². The van der Waals surface area contributed by atoms with E-state index in [0.717, 1.165) is 0 Å². The van der Waals surface area contributed by atoms with Gasteiger partial charge in [0.2, 0.25) is 0 Å². The van der Waals surface area contributed by atoms with Crippen molar-refractivity contribution in [3.05, 3.63) is 56.9 Å². The van der Waals surface area contributed by atoms with Crippen LogP contribution < -0.4 is 11.2 Å². The number of nitrogens with one attached hydrogen (secondary N) is 1. The quantitative estimate of drug-likeness (QED) is 0.690. The van der Waals surface area contributed by atoms with Gasteiger partial charge in [-0.15, -0.1) is 0 Å². The van der Waals surface area contributed by atoms with Gasteiger partial charge in [-0.2, -0.15) is 0 Å². The highest BCUT2D eigenvalue weighted by Crippen LogP contribution is 2.42. The summed E-state index contributed by atoms with van der Waals surface area (Å²) in [7, 11) is 0. The van der Waals surface area contributed by atoms with Crippen molar-refractivity contribution in [2.75, 3.05) is 6.61 Å². The number of aryl methyl sites for hydroxylation is 1. The standard InChI is InChI=1S/C15H18N2O5/c1-9-7-17(14(21)16-13(9)20)15(10-4-2-3-5-10)6-11(19)12(8-18)22-15/h2-5,7,10-12,18-19H,6,8H2,1H3,(H,16,20,21)/t11-,12+,15-/m0/s1. The van der Waals surface area contributed by atoms with Gasteiger partial charge in [-0.05, 0) is 6.92 Å². The third-order valence-electron chi connectivity index (χ3n) is 4.26. The first kappa shape index (κ1) is 15.0. The van der Waals surface area contributed by atoms with E-state index in [1.807, 2.05) is 24.3 Å². The number of aromatic nitrogens is 2. The Labute approximate surface area is 126 Å². The first-order chi connectivity index (χ1) is 10.5. The van der Waals surface area contributed by atoms with Crippen molar-refractivity contribution in [3.8, 4) is 0 Å². The van der Waals surface area contributed by atoms with E-state index >= 15 is 0 Å². The van der Waals surface area contributed by atoms with E-state index in [0.29, 0.717) is 5.56 Å². The number of aliphatic hydroxyl groups is 2. The Hall–Kier alpha value is -1.96. The van der Waals surface area contributed by atoms with Crippen LogP contribution in [0.2, 0.25) is 0 Å². The minimum Gasteiger partial charge on any atom is -0.394 e. The molecule has 7 nitrogen and oxygen atoms in total. The average Bonchev–Trinajstić information content (AvgIpc) is 3.11. The molecule has 0 unspecified atom stereocenters. The van der Waals surface area contributed by atoms with E-state index in [9.17, 15) is 19.8 Å². The molecule has 3 rings (SSSR count). The summed E-state index contributed by atoms with van der Waals surface area (Å²) < 4.78 is 7.21. The molecule has 22 heavy (non-hydrogen) atoms. The van der Waals surface area contributed by atoms with Crippen LogP contribution in [0.5, 0.6) is 0 Å². The van der Waals surface area contributed by atoms with Gasteiger partial charge in [-0.3, -0.25) is 14.3 Å². The van der Waals surface area contributed by atoms with Crippen LogP contribution in [0.25, 0.3) is 0 Å². The molecule has 7 heteroatoms. The van der Waals surface area contributed by atoms with Crippen molar-refractivity contribution >= 4 is 0 Å². The minimum absolute atomic E-state index is 0.142. The molecule has 3 N–H and O–H groups in total. The Balaban J connectivity index is 2.17. The molecular formula is C15H18N2O5. The van der Waals surface area contributed by atoms with E-state index in [2.05, 4.69) is 4.98 Å². The minimum atomic E-state index is -1.16. The van der Waals surface area contributed by atoms with Crippen molar-refractivity contribution < 1.29 is 14.9 Å². The highest BCUT2D eigenvalue weighted by Gasteiger charge is 2.51. The molecule has 0 radical (unpaired) electrons. The summed E-state index contributed by atoms with van der Waals surface area (Å²) in [6, 6.07) is 0. The number of H-pyrrole nitrogens is 1. The highest BCUT2D eigenvalue weighted by molar-refractivity contribution is 5.23. The third-order valence-corrected chi connectivity index (χ3v) is 4.26. The van der Waals surface area contributed by atoms with Crippen molar-refractivity contribution in [1.29, 1.82) is 0 Å².